The van der Waals surface area contributed by atoms with Gasteiger partial charge in [0.25, 0.3) is 0 Å². The van der Waals surface area contributed by atoms with E-state index in [1.54, 1.807) is 0 Å². The molecule has 2 heteroatoms. The van der Waals surface area contributed by atoms with Crippen LogP contribution in [0.3, 0.4) is 0 Å². The zero-order valence-corrected chi connectivity index (χ0v) is 10.5. The minimum atomic E-state index is -0.116. The minimum Gasteiger partial charge on any atom is -0.352 e. The van der Waals surface area contributed by atoms with E-state index >= 15 is 0 Å². The molecule has 2 nitrogen and oxygen atoms in total. The highest BCUT2D eigenvalue weighted by molar-refractivity contribution is 5.83. The van der Waals surface area contributed by atoms with Gasteiger partial charge >= 0.3 is 0 Å². The molecule has 1 atom stereocenters. The second-order valence-corrected chi connectivity index (χ2v) is 4.34. The van der Waals surface area contributed by atoms with Crippen LogP contribution in [0.2, 0.25) is 0 Å². The molecular weight excluding hydrogens is 222 g/mol. The smallest absolute Gasteiger partial charge is 0.227 e. The van der Waals surface area contributed by atoms with Crippen LogP contribution in [-0.4, -0.2) is 5.91 Å². The Morgan fingerprint density at radius 2 is 1.56 bits per heavy atom. The van der Waals surface area contributed by atoms with Crippen LogP contribution in [0.15, 0.2) is 60.7 Å². The molecule has 92 valence electrons. The highest BCUT2D eigenvalue weighted by Crippen LogP contribution is 2.14. The van der Waals surface area contributed by atoms with Crippen LogP contribution in [0.1, 0.15) is 24.0 Å². The highest BCUT2D eigenvalue weighted by Gasteiger charge is 2.13. The van der Waals surface area contributed by atoms with Crippen molar-refractivity contribution in [3.05, 3.63) is 71.8 Å². The van der Waals surface area contributed by atoms with Gasteiger partial charge in [0.15, 0.2) is 0 Å². The predicted octanol–water partition coefficient (Wildman–Crippen LogP) is 3.11. The zero-order chi connectivity index (χ0) is 12.8. The second kappa shape index (κ2) is 6.01. The van der Waals surface area contributed by atoms with Crippen LogP contribution < -0.4 is 5.32 Å². The molecule has 0 aliphatic carbocycles. The highest BCUT2D eigenvalue weighted by atomic mass is 16.1. The van der Waals surface area contributed by atoms with Crippen molar-refractivity contribution in [2.75, 3.05) is 0 Å². The van der Waals surface area contributed by atoms with E-state index in [-0.39, 0.29) is 11.8 Å². The maximum atomic E-state index is 12.0. The summed E-state index contributed by atoms with van der Waals surface area (Å²) >= 11 is 0. The van der Waals surface area contributed by atoms with E-state index in [1.165, 1.54) is 0 Å². The molecule has 2 rings (SSSR count). The molecule has 18 heavy (non-hydrogen) atoms. The molecule has 2 aromatic carbocycles. The van der Waals surface area contributed by atoms with E-state index in [0.717, 1.165) is 11.1 Å². The van der Waals surface area contributed by atoms with Gasteiger partial charge in [-0.2, -0.15) is 0 Å². The lowest BCUT2D eigenvalue weighted by molar-refractivity contribution is -0.122. The van der Waals surface area contributed by atoms with Gasteiger partial charge in [0.1, 0.15) is 0 Å². The Kier molecular flexibility index (Phi) is 4.13. The molecule has 1 unspecified atom stereocenters. The molecule has 0 spiro atoms. The van der Waals surface area contributed by atoms with E-state index in [9.17, 15) is 4.79 Å². The molecule has 0 aliphatic rings. The monoisotopic (exact) mass is 239 g/mol. The van der Waals surface area contributed by atoms with Gasteiger partial charge in [-0.1, -0.05) is 60.7 Å². The van der Waals surface area contributed by atoms with E-state index in [4.69, 9.17) is 0 Å². The fourth-order valence-electron chi connectivity index (χ4n) is 1.83. The van der Waals surface area contributed by atoms with E-state index in [0.29, 0.717) is 6.54 Å². The average molecular weight is 239 g/mol. The largest absolute Gasteiger partial charge is 0.352 e. The molecule has 0 aliphatic heterocycles. The van der Waals surface area contributed by atoms with Crippen molar-refractivity contribution in [3.8, 4) is 0 Å². The first-order chi connectivity index (χ1) is 8.77. The first-order valence-corrected chi connectivity index (χ1v) is 6.14. The summed E-state index contributed by atoms with van der Waals surface area (Å²) in [6.45, 7) is 2.51. The van der Waals surface area contributed by atoms with E-state index < -0.39 is 0 Å². The van der Waals surface area contributed by atoms with Gasteiger partial charge in [-0.15, -0.1) is 0 Å². The molecular formula is C16H17NO. The molecule has 0 bridgehead atoms. The van der Waals surface area contributed by atoms with Gasteiger partial charge in [-0.3, -0.25) is 4.79 Å². The molecule has 2 aromatic rings. The van der Waals surface area contributed by atoms with Gasteiger partial charge in [0, 0.05) is 6.54 Å². The van der Waals surface area contributed by atoms with Crippen molar-refractivity contribution in [1.82, 2.24) is 5.32 Å². The topological polar surface area (TPSA) is 29.1 Å². The fraction of sp³-hybridized carbons (Fsp3) is 0.188. The maximum Gasteiger partial charge on any atom is 0.227 e. The summed E-state index contributed by atoms with van der Waals surface area (Å²) < 4.78 is 0. The lowest BCUT2D eigenvalue weighted by atomic mass is 10.0. The number of carbonyl (C=O) groups is 1. The molecule has 0 aromatic heterocycles. The quantitative estimate of drug-likeness (QED) is 0.872. The second-order valence-electron chi connectivity index (χ2n) is 4.34. The first kappa shape index (κ1) is 12.4. The molecule has 0 saturated heterocycles. The van der Waals surface area contributed by atoms with Gasteiger partial charge in [0.05, 0.1) is 5.92 Å². The Bertz CT molecular complexity index is 493. The van der Waals surface area contributed by atoms with E-state index in [2.05, 4.69) is 5.32 Å². The average Bonchev–Trinajstić information content (AvgIpc) is 2.46. The molecule has 0 saturated carbocycles. The van der Waals surface area contributed by atoms with Crippen molar-refractivity contribution in [3.63, 3.8) is 0 Å². The molecule has 1 amide bonds. The van der Waals surface area contributed by atoms with Crippen LogP contribution in [0, 0.1) is 0 Å². The summed E-state index contributed by atoms with van der Waals surface area (Å²) in [5, 5.41) is 2.96. The third-order valence-electron chi connectivity index (χ3n) is 3.00. The first-order valence-electron chi connectivity index (χ1n) is 6.14. The van der Waals surface area contributed by atoms with Gasteiger partial charge in [0.2, 0.25) is 5.91 Å². The lowest BCUT2D eigenvalue weighted by Crippen LogP contribution is -2.27. The number of amides is 1. The molecule has 0 heterocycles. The summed E-state index contributed by atoms with van der Waals surface area (Å²) in [6.07, 6.45) is 0. The van der Waals surface area contributed by atoms with Crippen LogP contribution in [0.5, 0.6) is 0 Å². The Morgan fingerprint density at radius 3 is 2.17 bits per heavy atom. The summed E-state index contributed by atoms with van der Waals surface area (Å²) in [6, 6.07) is 19.8. The van der Waals surface area contributed by atoms with E-state index in [1.807, 2.05) is 67.6 Å². The number of benzene rings is 2. The van der Waals surface area contributed by atoms with Gasteiger partial charge in [-0.25, -0.2) is 0 Å². The standard InChI is InChI=1S/C16H17NO/c1-13(15-10-6-3-7-11-15)16(18)17-12-14-8-4-2-5-9-14/h2-11,13H,12H2,1H3,(H,17,18). The van der Waals surface area contributed by atoms with Gasteiger partial charge in [-0.05, 0) is 18.1 Å². The summed E-state index contributed by atoms with van der Waals surface area (Å²) in [5.74, 6) is -0.0556. The van der Waals surface area contributed by atoms with Crippen molar-refractivity contribution < 1.29 is 4.79 Å². The van der Waals surface area contributed by atoms with Crippen molar-refractivity contribution in [1.29, 1.82) is 0 Å². The van der Waals surface area contributed by atoms with Gasteiger partial charge < -0.3 is 5.32 Å². The van der Waals surface area contributed by atoms with Crippen molar-refractivity contribution in [2.24, 2.45) is 0 Å². The molecule has 0 radical (unpaired) electrons. The van der Waals surface area contributed by atoms with Crippen LogP contribution >= 0.6 is 0 Å². The third-order valence-corrected chi connectivity index (χ3v) is 3.00. The molecule has 0 fully saturated rings. The zero-order valence-electron chi connectivity index (χ0n) is 10.5. The lowest BCUT2D eigenvalue weighted by Gasteiger charge is -2.12. The Labute approximate surface area is 108 Å². The minimum absolute atomic E-state index is 0.0602. The van der Waals surface area contributed by atoms with Crippen LogP contribution in [0.4, 0.5) is 0 Å². The summed E-state index contributed by atoms with van der Waals surface area (Å²) in [5.41, 5.74) is 2.16. The molecule has 1 N–H and O–H groups in total. The number of rotatable bonds is 4. The SMILES string of the molecule is CC(C(=O)NCc1ccccc1)c1ccccc1. The Hall–Kier alpha value is -2.09. The summed E-state index contributed by atoms with van der Waals surface area (Å²) in [4.78, 5) is 12.0. The van der Waals surface area contributed by atoms with Crippen molar-refractivity contribution in [2.45, 2.75) is 19.4 Å². The number of hydrogen-bond donors (Lipinski definition) is 1. The third kappa shape index (κ3) is 3.20. The normalized spacial score (nSPS) is 11.8. The number of hydrogen-bond acceptors (Lipinski definition) is 1. The summed E-state index contributed by atoms with van der Waals surface area (Å²) in [7, 11) is 0. The van der Waals surface area contributed by atoms with Crippen LogP contribution in [0.25, 0.3) is 0 Å². The van der Waals surface area contributed by atoms with Crippen LogP contribution in [-0.2, 0) is 11.3 Å². The fourth-order valence-corrected chi connectivity index (χ4v) is 1.83. The van der Waals surface area contributed by atoms with Crippen molar-refractivity contribution >= 4 is 5.91 Å². The maximum absolute atomic E-state index is 12.0. The Balaban J connectivity index is 1.93. The number of nitrogens with one attached hydrogen (secondary N) is 1. The Morgan fingerprint density at radius 1 is 1.00 bits per heavy atom. The predicted molar refractivity (Wildman–Crippen MR) is 73.1 cm³/mol. The number of carbonyl (C=O) groups excluding carboxylic acids is 1.